The standard InChI is InChI=1S/C60H37N3O/c1-2-14-38(15-3-1)39-26-28-40(29-27-39)43-32-35-57(59-48-20-8-13-25-58(48)64-60(43)59)63-54-24-12-7-19-47(54)50-37-42(31-34-56(50)63)62-53-23-11-6-18-46(53)49-36-41(30-33-55(49)62)61-51-21-9-4-16-44(51)45-17-5-10-22-52(45)61/h1-37H. The molecule has 14 aromatic rings. The smallest absolute Gasteiger partial charge is 0.145 e. The highest BCUT2D eigenvalue weighted by Crippen LogP contribution is 2.44. The van der Waals surface area contributed by atoms with E-state index in [4.69, 9.17) is 4.42 Å². The Bertz CT molecular complexity index is 4130. The molecule has 0 aliphatic carbocycles. The summed E-state index contributed by atoms with van der Waals surface area (Å²) in [6, 6.07) is 81.3. The normalized spacial score (nSPS) is 12.1. The summed E-state index contributed by atoms with van der Waals surface area (Å²) in [5.41, 5.74) is 16.8. The first-order chi connectivity index (χ1) is 31.8. The predicted molar refractivity (Wildman–Crippen MR) is 268 cm³/mol. The second-order valence-corrected chi connectivity index (χ2v) is 16.9. The Hall–Kier alpha value is -8.60. The van der Waals surface area contributed by atoms with Gasteiger partial charge in [0.2, 0.25) is 0 Å². The summed E-state index contributed by atoms with van der Waals surface area (Å²) in [5, 5.41) is 9.59. The molecule has 0 atom stereocenters. The van der Waals surface area contributed by atoms with E-state index in [0.717, 1.165) is 61.2 Å². The number of aromatic nitrogens is 3. The average Bonchev–Trinajstić information content (AvgIpc) is 4.11. The molecule has 64 heavy (non-hydrogen) atoms. The molecule has 0 bridgehead atoms. The number of fused-ring (bicyclic) bond motifs is 12. The molecule has 0 N–H and O–H groups in total. The monoisotopic (exact) mass is 815 g/mol. The van der Waals surface area contributed by atoms with Crippen molar-refractivity contribution in [2.24, 2.45) is 0 Å². The van der Waals surface area contributed by atoms with Crippen molar-refractivity contribution < 1.29 is 4.42 Å². The van der Waals surface area contributed by atoms with Crippen LogP contribution in [0.1, 0.15) is 0 Å². The van der Waals surface area contributed by atoms with Gasteiger partial charge in [0.25, 0.3) is 0 Å². The lowest BCUT2D eigenvalue weighted by Crippen LogP contribution is -1.97. The van der Waals surface area contributed by atoms with E-state index >= 15 is 0 Å². The molecule has 0 amide bonds. The summed E-state index contributed by atoms with van der Waals surface area (Å²) in [5.74, 6) is 0. The lowest BCUT2D eigenvalue weighted by atomic mass is 9.98. The molecule has 4 aromatic heterocycles. The van der Waals surface area contributed by atoms with Gasteiger partial charge in [-0.1, -0.05) is 146 Å². The van der Waals surface area contributed by atoms with Crippen molar-refractivity contribution >= 4 is 87.4 Å². The molecule has 4 nitrogen and oxygen atoms in total. The molecule has 10 aromatic carbocycles. The predicted octanol–water partition coefficient (Wildman–Crippen LogP) is 16.2. The van der Waals surface area contributed by atoms with Crippen molar-refractivity contribution in [1.29, 1.82) is 0 Å². The third kappa shape index (κ3) is 4.99. The molecular weight excluding hydrogens is 779 g/mol. The Balaban J connectivity index is 0.961. The summed E-state index contributed by atoms with van der Waals surface area (Å²) in [6.07, 6.45) is 0. The van der Waals surface area contributed by atoms with Gasteiger partial charge in [0.1, 0.15) is 11.2 Å². The molecule has 14 rings (SSSR count). The molecule has 0 spiro atoms. The van der Waals surface area contributed by atoms with Crippen molar-refractivity contribution in [2.45, 2.75) is 0 Å². The van der Waals surface area contributed by atoms with E-state index in [9.17, 15) is 0 Å². The van der Waals surface area contributed by atoms with Crippen LogP contribution in [0.15, 0.2) is 229 Å². The van der Waals surface area contributed by atoms with Crippen molar-refractivity contribution in [3.63, 3.8) is 0 Å². The summed E-state index contributed by atoms with van der Waals surface area (Å²) in [7, 11) is 0. The van der Waals surface area contributed by atoms with Crippen LogP contribution in [0, 0.1) is 0 Å². The van der Waals surface area contributed by atoms with Crippen LogP contribution in [0.3, 0.4) is 0 Å². The molecule has 298 valence electrons. The van der Waals surface area contributed by atoms with E-state index in [0.29, 0.717) is 0 Å². The molecule has 0 unspecified atom stereocenters. The number of hydrogen-bond donors (Lipinski definition) is 0. The third-order valence-corrected chi connectivity index (χ3v) is 13.5. The number of nitrogens with zero attached hydrogens (tertiary/aromatic N) is 3. The molecule has 0 saturated carbocycles. The number of furan rings is 1. The largest absolute Gasteiger partial charge is 0.455 e. The number of benzene rings is 10. The molecule has 4 heteroatoms. The minimum atomic E-state index is 0.878. The van der Waals surface area contributed by atoms with Gasteiger partial charge in [-0.3, -0.25) is 0 Å². The van der Waals surface area contributed by atoms with Crippen molar-refractivity contribution in [2.75, 3.05) is 0 Å². The van der Waals surface area contributed by atoms with Gasteiger partial charge in [-0.15, -0.1) is 0 Å². The maximum Gasteiger partial charge on any atom is 0.145 e. The molecular formula is C60H37N3O. The van der Waals surface area contributed by atoms with Gasteiger partial charge in [-0.25, -0.2) is 0 Å². The molecule has 0 fully saturated rings. The molecule has 0 radical (unpaired) electrons. The number of rotatable bonds is 5. The highest BCUT2D eigenvalue weighted by molar-refractivity contribution is 6.18. The van der Waals surface area contributed by atoms with E-state index in [2.05, 4.69) is 238 Å². The lowest BCUT2D eigenvalue weighted by molar-refractivity contribution is 0.670. The Labute approximate surface area is 367 Å². The van der Waals surface area contributed by atoms with Gasteiger partial charge < -0.3 is 18.1 Å². The van der Waals surface area contributed by atoms with E-state index in [1.54, 1.807) is 0 Å². The fourth-order valence-electron chi connectivity index (χ4n) is 10.6. The second-order valence-electron chi connectivity index (χ2n) is 16.9. The van der Waals surface area contributed by atoms with Crippen LogP contribution < -0.4 is 0 Å². The highest BCUT2D eigenvalue weighted by atomic mass is 16.3. The van der Waals surface area contributed by atoms with Gasteiger partial charge in [-0.2, -0.15) is 0 Å². The van der Waals surface area contributed by atoms with Crippen molar-refractivity contribution in [3.8, 4) is 39.3 Å². The fourth-order valence-corrected chi connectivity index (χ4v) is 10.6. The first kappa shape index (κ1) is 35.0. The van der Waals surface area contributed by atoms with Crippen LogP contribution in [0.4, 0.5) is 0 Å². The van der Waals surface area contributed by atoms with Gasteiger partial charge in [-0.05, 0) is 95.6 Å². The number of hydrogen-bond acceptors (Lipinski definition) is 1. The summed E-state index contributed by atoms with van der Waals surface area (Å²) < 4.78 is 14.1. The maximum atomic E-state index is 6.82. The zero-order valence-corrected chi connectivity index (χ0v) is 34.6. The fraction of sp³-hybridized carbons (Fsp3) is 0. The SMILES string of the molecule is c1ccc(-c2ccc(-c3ccc(-n4c5ccccc5c5cc(-n6c7ccccc7c7cc(-n8c9ccccc9c9ccccc98)ccc76)ccc54)c4c3oc3ccccc34)cc2)cc1. The molecule has 0 saturated heterocycles. The minimum absolute atomic E-state index is 0.878. The Kier molecular flexibility index (Phi) is 7.36. The van der Waals surface area contributed by atoms with Crippen molar-refractivity contribution in [1.82, 2.24) is 13.7 Å². The Morgan fingerprint density at radius 3 is 1.28 bits per heavy atom. The topological polar surface area (TPSA) is 27.9 Å². The summed E-state index contributed by atoms with van der Waals surface area (Å²) >= 11 is 0. The minimum Gasteiger partial charge on any atom is -0.455 e. The zero-order chi connectivity index (χ0) is 41.9. The van der Waals surface area contributed by atoms with Gasteiger partial charge in [0.15, 0.2) is 0 Å². The molecule has 0 aliphatic heterocycles. The average molecular weight is 816 g/mol. The Morgan fingerprint density at radius 1 is 0.281 bits per heavy atom. The van der Waals surface area contributed by atoms with E-state index in [1.165, 1.54) is 65.5 Å². The quantitative estimate of drug-likeness (QED) is 0.170. The Morgan fingerprint density at radius 2 is 0.703 bits per heavy atom. The van der Waals surface area contributed by atoms with Crippen LogP contribution in [-0.4, -0.2) is 13.7 Å². The first-order valence-corrected chi connectivity index (χ1v) is 21.9. The van der Waals surface area contributed by atoms with Crippen LogP contribution >= 0.6 is 0 Å². The first-order valence-electron chi connectivity index (χ1n) is 21.9. The number of para-hydroxylation sites is 5. The van der Waals surface area contributed by atoms with Gasteiger partial charge in [0, 0.05) is 54.6 Å². The van der Waals surface area contributed by atoms with E-state index in [1.807, 2.05) is 0 Å². The van der Waals surface area contributed by atoms with E-state index < -0.39 is 0 Å². The van der Waals surface area contributed by atoms with Crippen LogP contribution in [0.5, 0.6) is 0 Å². The van der Waals surface area contributed by atoms with Gasteiger partial charge in [0.05, 0.1) is 44.2 Å². The lowest BCUT2D eigenvalue weighted by Gasteiger charge is -2.13. The van der Waals surface area contributed by atoms with Crippen LogP contribution in [0.25, 0.3) is 127 Å². The second kappa shape index (κ2) is 13.4. The van der Waals surface area contributed by atoms with Crippen LogP contribution in [0.2, 0.25) is 0 Å². The third-order valence-electron chi connectivity index (χ3n) is 13.5. The zero-order valence-electron chi connectivity index (χ0n) is 34.6. The van der Waals surface area contributed by atoms with Crippen molar-refractivity contribution in [3.05, 3.63) is 224 Å². The summed E-state index contributed by atoms with van der Waals surface area (Å²) in [4.78, 5) is 0. The molecule has 0 aliphatic rings. The molecule has 4 heterocycles. The summed E-state index contributed by atoms with van der Waals surface area (Å²) in [6.45, 7) is 0. The maximum absolute atomic E-state index is 6.82. The van der Waals surface area contributed by atoms with Gasteiger partial charge >= 0.3 is 0 Å². The van der Waals surface area contributed by atoms with E-state index in [-0.39, 0.29) is 0 Å². The van der Waals surface area contributed by atoms with Crippen LogP contribution in [-0.2, 0) is 0 Å². The highest BCUT2D eigenvalue weighted by Gasteiger charge is 2.22.